The Kier molecular flexibility index (Phi) is 3.93. The number of aromatic nitrogens is 4. The lowest BCUT2D eigenvalue weighted by Gasteiger charge is -2.05. The molecule has 0 bridgehead atoms. The Labute approximate surface area is 153 Å². The minimum absolute atomic E-state index is 0.0465. The highest BCUT2D eigenvalue weighted by Gasteiger charge is 2.17. The molecule has 3 heterocycles. The van der Waals surface area contributed by atoms with Crippen molar-refractivity contribution in [2.45, 2.75) is 13.5 Å². The molecule has 0 saturated carbocycles. The molecule has 0 spiro atoms. The van der Waals surface area contributed by atoms with Crippen molar-refractivity contribution in [3.63, 3.8) is 0 Å². The Balaban J connectivity index is 1.93. The van der Waals surface area contributed by atoms with Crippen LogP contribution in [0.3, 0.4) is 0 Å². The molecule has 0 aliphatic carbocycles. The lowest BCUT2D eigenvalue weighted by atomic mass is 10.0. The Morgan fingerprint density at radius 2 is 2.00 bits per heavy atom. The van der Waals surface area contributed by atoms with Gasteiger partial charge in [0.1, 0.15) is 16.5 Å². The van der Waals surface area contributed by atoms with E-state index in [0.717, 1.165) is 27.8 Å². The number of nitrogens with zero attached hydrogens (tertiary/aromatic N) is 4. The Morgan fingerprint density at radius 3 is 2.69 bits per heavy atom. The average Bonchev–Trinajstić information content (AvgIpc) is 3.27. The Bertz CT molecular complexity index is 1110. The molecule has 1 aromatic carbocycles. The van der Waals surface area contributed by atoms with Gasteiger partial charge in [-0.2, -0.15) is 5.10 Å². The number of hydrogen-bond acceptors (Lipinski definition) is 4. The SMILES string of the molecule is CCn1cc(-c2cc(Cl)nc3[nH]ccc23)c(-c2ccc([N+](=O)[O-])cc2)n1. The van der Waals surface area contributed by atoms with E-state index in [1.54, 1.807) is 12.1 Å². The zero-order chi connectivity index (χ0) is 18.3. The molecular formula is C18H14ClN5O2. The molecule has 0 fully saturated rings. The molecular weight excluding hydrogens is 354 g/mol. The van der Waals surface area contributed by atoms with Crippen molar-refractivity contribution >= 4 is 28.3 Å². The number of non-ortho nitro benzene ring substituents is 1. The topological polar surface area (TPSA) is 89.6 Å². The molecule has 8 heteroatoms. The Hall–Kier alpha value is -3.19. The highest BCUT2D eigenvalue weighted by atomic mass is 35.5. The highest BCUT2D eigenvalue weighted by Crippen LogP contribution is 2.36. The molecule has 130 valence electrons. The molecule has 1 N–H and O–H groups in total. The van der Waals surface area contributed by atoms with Gasteiger partial charge in [-0.1, -0.05) is 11.6 Å². The molecule has 0 saturated heterocycles. The zero-order valence-corrected chi connectivity index (χ0v) is 14.6. The van der Waals surface area contributed by atoms with Gasteiger partial charge < -0.3 is 4.98 Å². The number of benzene rings is 1. The van der Waals surface area contributed by atoms with Crippen LogP contribution in [0.4, 0.5) is 5.69 Å². The quantitative estimate of drug-likeness (QED) is 0.322. The van der Waals surface area contributed by atoms with Crippen LogP contribution in [0, 0.1) is 10.1 Å². The first-order valence-corrected chi connectivity index (χ1v) is 8.41. The van der Waals surface area contributed by atoms with Crippen molar-refractivity contribution in [1.82, 2.24) is 19.7 Å². The van der Waals surface area contributed by atoms with Gasteiger partial charge in [-0.3, -0.25) is 14.8 Å². The molecule has 26 heavy (non-hydrogen) atoms. The summed E-state index contributed by atoms with van der Waals surface area (Å²) < 4.78 is 1.83. The summed E-state index contributed by atoms with van der Waals surface area (Å²) in [6.45, 7) is 2.71. The predicted octanol–water partition coefficient (Wildman–Crippen LogP) is 4.67. The third kappa shape index (κ3) is 2.72. The van der Waals surface area contributed by atoms with E-state index in [0.29, 0.717) is 17.3 Å². The molecule has 0 amide bonds. The summed E-state index contributed by atoms with van der Waals surface area (Å²) >= 11 is 6.19. The molecule has 0 atom stereocenters. The van der Waals surface area contributed by atoms with Crippen molar-refractivity contribution < 1.29 is 4.92 Å². The fraction of sp³-hybridized carbons (Fsp3) is 0.111. The number of aromatic amines is 1. The van der Waals surface area contributed by atoms with Crippen molar-refractivity contribution in [2.75, 3.05) is 0 Å². The Morgan fingerprint density at radius 1 is 1.23 bits per heavy atom. The molecule has 4 aromatic rings. The van der Waals surface area contributed by atoms with Gasteiger partial charge >= 0.3 is 0 Å². The number of hydrogen-bond donors (Lipinski definition) is 1. The number of nitro groups is 1. The van der Waals surface area contributed by atoms with E-state index in [2.05, 4.69) is 15.1 Å². The van der Waals surface area contributed by atoms with Crippen molar-refractivity contribution in [2.24, 2.45) is 0 Å². The van der Waals surface area contributed by atoms with Crippen molar-refractivity contribution in [1.29, 1.82) is 0 Å². The van der Waals surface area contributed by atoms with Gasteiger partial charge in [-0.15, -0.1) is 0 Å². The van der Waals surface area contributed by atoms with Crippen LogP contribution in [-0.2, 0) is 6.54 Å². The molecule has 7 nitrogen and oxygen atoms in total. The second-order valence-electron chi connectivity index (χ2n) is 5.78. The van der Waals surface area contributed by atoms with Crippen LogP contribution in [0.2, 0.25) is 5.15 Å². The summed E-state index contributed by atoms with van der Waals surface area (Å²) in [7, 11) is 0. The van der Waals surface area contributed by atoms with Crippen LogP contribution < -0.4 is 0 Å². The summed E-state index contributed by atoms with van der Waals surface area (Å²) in [6, 6.07) is 10.1. The monoisotopic (exact) mass is 367 g/mol. The minimum Gasteiger partial charge on any atom is -0.346 e. The largest absolute Gasteiger partial charge is 0.346 e. The molecule has 0 unspecified atom stereocenters. The minimum atomic E-state index is -0.415. The number of H-pyrrole nitrogens is 1. The number of nitro benzene ring substituents is 1. The maximum atomic E-state index is 10.9. The molecule has 4 rings (SSSR count). The van der Waals surface area contributed by atoms with Crippen LogP contribution in [0.5, 0.6) is 0 Å². The van der Waals surface area contributed by atoms with E-state index in [4.69, 9.17) is 11.6 Å². The average molecular weight is 368 g/mol. The third-order valence-corrected chi connectivity index (χ3v) is 4.42. The van der Waals surface area contributed by atoms with Crippen LogP contribution in [0.15, 0.2) is 48.8 Å². The molecule has 3 aromatic heterocycles. The van der Waals surface area contributed by atoms with Gasteiger partial charge in [0, 0.05) is 47.6 Å². The van der Waals surface area contributed by atoms with Crippen LogP contribution in [-0.4, -0.2) is 24.7 Å². The highest BCUT2D eigenvalue weighted by molar-refractivity contribution is 6.30. The van der Waals surface area contributed by atoms with Gasteiger partial charge in [-0.25, -0.2) is 4.98 Å². The first-order valence-electron chi connectivity index (χ1n) is 8.03. The summed E-state index contributed by atoms with van der Waals surface area (Å²) in [5, 5.41) is 16.9. The van der Waals surface area contributed by atoms with Crippen LogP contribution in [0.1, 0.15) is 6.92 Å². The molecule has 0 aliphatic rings. The number of aryl methyl sites for hydroxylation is 1. The normalized spacial score (nSPS) is 11.2. The number of halogens is 1. The number of fused-ring (bicyclic) bond motifs is 1. The van der Waals surface area contributed by atoms with Gasteiger partial charge in [0.2, 0.25) is 0 Å². The summed E-state index contributed by atoms with van der Waals surface area (Å²) in [5.41, 5.74) is 4.10. The maximum Gasteiger partial charge on any atom is 0.269 e. The van der Waals surface area contributed by atoms with E-state index in [1.807, 2.05) is 36.1 Å². The molecule has 0 aliphatic heterocycles. The first kappa shape index (κ1) is 16.3. The fourth-order valence-corrected chi connectivity index (χ4v) is 3.16. The third-order valence-electron chi connectivity index (χ3n) is 4.22. The lowest BCUT2D eigenvalue weighted by molar-refractivity contribution is -0.384. The van der Waals surface area contributed by atoms with Crippen LogP contribution in [0.25, 0.3) is 33.4 Å². The number of pyridine rings is 1. The van der Waals surface area contributed by atoms with E-state index in [1.165, 1.54) is 12.1 Å². The summed E-state index contributed by atoms with van der Waals surface area (Å²) in [5.74, 6) is 0. The summed E-state index contributed by atoms with van der Waals surface area (Å²) in [4.78, 5) is 17.8. The van der Waals surface area contributed by atoms with Crippen molar-refractivity contribution in [3.05, 3.63) is 64.1 Å². The smallest absolute Gasteiger partial charge is 0.269 e. The van der Waals surface area contributed by atoms with E-state index >= 15 is 0 Å². The first-order chi connectivity index (χ1) is 12.6. The van der Waals surface area contributed by atoms with E-state index in [9.17, 15) is 10.1 Å². The summed E-state index contributed by atoms with van der Waals surface area (Å²) in [6.07, 6.45) is 3.77. The van der Waals surface area contributed by atoms with Crippen LogP contribution >= 0.6 is 11.6 Å². The van der Waals surface area contributed by atoms with E-state index < -0.39 is 4.92 Å². The van der Waals surface area contributed by atoms with Gasteiger partial charge in [0.05, 0.1) is 4.92 Å². The fourth-order valence-electron chi connectivity index (χ4n) is 2.96. The lowest BCUT2D eigenvalue weighted by Crippen LogP contribution is -1.94. The van der Waals surface area contributed by atoms with Crippen molar-refractivity contribution in [3.8, 4) is 22.4 Å². The number of rotatable bonds is 4. The van der Waals surface area contributed by atoms with E-state index in [-0.39, 0.29) is 5.69 Å². The second-order valence-corrected chi connectivity index (χ2v) is 6.17. The zero-order valence-electron chi connectivity index (χ0n) is 13.8. The number of nitrogens with one attached hydrogen (secondary N) is 1. The predicted molar refractivity (Wildman–Crippen MR) is 100 cm³/mol. The van der Waals surface area contributed by atoms with Gasteiger partial charge in [-0.05, 0) is 36.8 Å². The second kappa shape index (κ2) is 6.27. The van der Waals surface area contributed by atoms with Gasteiger partial charge in [0.15, 0.2) is 0 Å². The van der Waals surface area contributed by atoms with Gasteiger partial charge in [0.25, 0.3) is 5.69 Å². The standard InChI is InChI=1S/C18H14ClN5O2/c1-2-23-10-15(14-9-16(19)21-18-13(14)7-8-20-18)17(22-23)11-3-5-12(6-4-11)24(25)26/h3-10H,2H2,1H3,(H,20,21). The molecule has 0 radical (unpaired) electrons. The maximum absolute atomic E-state index is 10.9.